The molecule has 0 bridgehead atoms. The number of primary amides is 1. The average Bonchev–Trinajstić information content (AvgIpc) is 4.02. The summed E-state index contributed by atoms with van der Waals surface area (Å²) in [6.07, 6.45) is 0.554. The summed E-state index contributed by atoms with van der Waals surface area (Å²) in [5.41, 5.74) is 7.31. The number of esters is 1. The zero-order chi connectivity index (χ0) is 41.2. The standard InChI is InChI=1S/C22H19N3O4S.C20H16N4O3S/c1-3-29-20(26)19-23-16-8-12-30-18(16)17(24-19)15-6-4-5-14(13-15)7-9-22(28)10-11-25(2)21(22)27;1-24-9-8-20(27,19(24)26)7-5-12-3-2-4-13(11-12)15-16-14(6-10-28-16)22-18(23-15)17(21)25/h4-6,8,12-13,28H,3,10-11H2,1-2H3;2-4,6,10-11,27H,8-9H2,1H3,(H2,21,25)/t22-;20-/m00/s1. The number of likely N-dealkylation sites (tertiary alicyclic amines) is 2. The van der Waals surface area contributed by atoms with Crippen molar-refractivity contribution >= 4 is 66.8 Å². The van der Waals surface area contributed by atoms with Crippen LogP contribution in [0.3, 0.4) is 0 Å². The second kappa shape index (κ2) is 16.1. The van der Waals surface area contributed by atoms with Gasteiger partial charge in [0.25, 0.3) is 17.7 Å². The highest BCUT2D eigenvalue weighted by atomic mass is 32.1. The zero-order valence-corrected chi connectivity index (χ0v) is 33.1. The number of hydrogen-bond acceptors (Lipinski definition) is 13. The van der Waals surface area contributed by atoms with Crippen LogP contribution in [0.25, 0.3) is 42.9 Å². The first-order valence-corrected chi connectivity index (χ1v) is 19.7. The van der Waals surface area contributed by atoms with Crippen molar-refractivity contribution in [3.05, 3.63) is 94.2 Å². The Hall–Kier alpha value is -6.56. The van der Waals surface area contributed by atoms with Gasteiger partial charge in [-0.1, -0.05) is 47.9 Å². The largest absolute Gasteiger partial charge is 0.460 e. The molecule has 58 heavy (non-hydrogen) atoms. The van der Waals surface area contributed by atoms with Gasteiger partial charge in [0.2, 0.25) is 22.9 Å². The molecule has 0 unspecified atom stereocenters. The number of ether oxygens (including phenoxy) is 1. The number of rotatable bonds is 5. The van der Waals surface area contributed by atoms with E-state index < -0.39 is 29.0 Å². The molecule has 16 heteroatoms. The Kier molecular flexibility index (Phi) is 11.0. The summed E-state index contributed by atoms with van der Waals surface area (Å²) in [4.78, 5) is 68.1. The summed E-state index contributed by atoms with van der Waals surface area (Å²) in [7, 11) is 3.28. The SMILES string of the molecule is CCOC(=O)c1nc(-c2cccc(C#C[C@]3(O)CCN(C)C3=O)c2)c2sccc2n1.CN1CC[C@@](O)(C#Cc2cccc(-c3nc(C(N)=O)nc4ccsc34)c2)C1=O. The van der Waals surface area contributed by atoms with Crippen molar-refractivity contribution in [2.45, 2.75) is 31.0 Å². The molecule has 2 atom stereocenters. The molecule has 2 aliphatic rings. The van der Waals surface area contributed by atoms with Crippen molar-refractivity contribution < 1.29 is 34.1 Å². The van der Waals surface area contributed by atoms with Gasteiger partial charge in [-0.2, -0.15) is 0 Å². The number of nitrogens with two attached hydrogens (primary N) is 1. The predicted molar refractivity (Wildman–Crippen MR) is 218 cm³/mol. The van der Waals surface area contributed by atoms with Gasteiger partial charge in [0.15, 0.2) is 0 Å². The monoisotopic (exact) mass is 813 g/mol. The Morgan fingerprint density at radius 3 is 1.66 bits per heavy atom. The van der Waals surface area contributed by atoms with E-state index in [2.05, 4.69) is 43.6 Å². The number of nitrogens with zero attached hydrogens (tertiary/aromatic N) is 6. The Morgan fingerprint density at radius 2 is 1.22 bits per heavy atom. The number of carbonyl (C=O) groups is 4. The van der Waals surface area contributed by atoms with Crippen LogP contribution in [0.1, 0.15) is 52.1 Å². The number of aromatic nitrogens is 4. The van der Waals surface area contributed by atoms with Gasteiger partial charge in [0.1, 0.15) is 0 Å². The first-order chi connectivity index (χ1) is 27.8. The normalized spacial score (nSPS) is 18.6. The lowest BCUT2D eigenvalue weighted by Crippen LogP contribution is -2.37. The molecular formula is C42H35N7O7S2. The van der Waals surface area contributed by atoms with Gasteiger partial charge in [-0.3, -0.25) is 14.4 Å². The van der Waals surface area contributed by atoms with Crippen molar-refractivity contribution in [3.8, 4) is 46.2 Å². The smallest absolute Gasteiger partial charge is 0.376 e. The van der Waals surface area contributed by atoms with Gasteiger partial charge in [-0.05, 0) is 54.1 Å². The Morgan fingerprint density at radius 1 is 0.759 bits per heavy atom. The van der Waals surface area contributed by atoms with Crippen LogP contribution in [0, 0.1) is 23.7 Å². The van der Waals surface area contributed by atoms with E-state index in [1.54, 1.807) is 51.4 Å². The van der Waals surface area contributed by atoms with E-state index in [9.17, 15) is 29.4 Å². The van der Waals surface area contributed by atoms with Crippen LogP contribution >= 0.6 is 22.7 Å². The van der Waals surface area contributed by atoms with Crippen LogP contribution in [0.15, 0.2) is 71.4 Å². The molecule has 2 aliphatic heterocycles. The summed E-state index contributed by atoms with van der Waals surface area (Å²) < 4.78 is 6.73. The van der Waals surface area contributed by atoms with Crippen LogP contribution in [0.2, 0.25) is 0 Å². The van der Waals surface area contributed by atoms with E-state index in [0.717, 1.165) is 20.5 Å². The number of amides is 3. The van der Waals surface area contributed by atoms with Gasteiger partial charge < -0.3 is 30.5 Å². The molecule has 4 aromatic heterocycles. The first kappa shape index (κ1) is 39.7. The number of hydrogen-bond donors (Lipinski definition) is 3. The third-order valence-corrected chi connectivity index (χ3v) is 11.2. The molecule has 0 spiro atoms. The third-order valence-electron chi connectivity index (χ3n) is 9.40. The van der Waals surface area contributed by atoms with Crippen molar-refractivity contribution in [1.82, 2.24) is 29.7 Å². The van der Waals surface area contributed by atoms with Gasteiger partial charge >= 0.3 is 5.97 Å². The second-order valence-corrected chi connectivity index (χ2v) is 15.3. The summed E-state index contributed by atoms with van der Waals surface area (Å²) in [5, 5.41) is 24.7. The van der Waals surface area contributed by atoms with E-state index in [0.29, 0.717) is 46.6 Å². The van der Waals surface area contributed by atoms with Crippen molar-refractivity contribution in [2.75, 3.05) is 33.8 Å². The lowest BCUT2D eigenvalue weighted by atomic mass is 10.0. The van der Waals surface area contributed by atoms with Crippen LogP contribution in [0.4, 0.5) is 0 Å². The Balaban J connectivity index is 0.000000177. The third kappa shape index (κ3) is 8.00. The Bertz CT molecular complexity index is 2760. The van der Waals surface area contributed by atoms with E-state index >= 15 is 0 Å². The van der Waals surface area contributed by atoms with Gasteiger partial charge in [-0.25, -0.2) is 24.7 Å². The molecule has 2 fully saturated rings. The predicted octanol–water partition coefficient (Wildman–Crippen LogP) is 3.88. The number of thiophene rings is 2. The lowest BCUT2D eigenvalue weighted by molar-refractivity contribution is -0.138. The van der Waals surface area contributed by atoms with Crippen LogP contribution < -0.4 is 5.73 Å². The maximum absolute atomic E-state index is 12.2. The number of likely N-dealkylation sites (N-methyl/N-ethyl adjacent to an activating group) is 2. The molecule has 14 nitrogen and oxygen atoms in total. The zero-order valence-electron chi connectivity index (χ0n) is 31.5. The molecule has 0 saturated carbocycles. The number of benzene rings is 2. The first-order valence-electron chi connectivity index (χ1n) is 18.0. The molecule has 2 saturated heterocycles. The van der Waals surface area contributed by atoms with Crippen LogP contribution in [-0.4, -0.2) is 109 Å². The topological polar surface area (TPSA) is 202 Å². The van der Waals surface area contributed by atoms with Crippen LogP contribution in [0.5, 0.6) is 0 Å². The summed E-state index contributed by atoms with van der Waals surface area (Å²) >= 11 is 2.94. The van der Waals surface area contributed by atoms with Gasteiger partial charge in [0.05, 0.1) is 38.4 Å². The molecule has 8 rings (SSSR count). The maximum Gasteiger partial charge on any atom is 0.376 e. The molecule has 292 valence electrons. The molecular weight excluding hydrogens is 779 g/mol. The fraction of sp³-hybridized carbons (Fsp3) is 0.238. The Labute approximate surface area is 340 Å². The quantitative estimate of drug-likeness (QED) is 0.169. The summed E-state index contributed by atoms with van der Waals surface area (Å²) in [5.74, 6) is 9.13. The van der Waals surface area contributed by atoms with E-state index in [1.807, 2.05) is 41.1 Å². The average molecular weight is 814 g/mol. The highest BCUT2D eigenvalue weighted by molar-refractivity contribution is 7.18. The lowest BCUT2D eigenvalue weighted by Gasteiger charge is -2.13. The maximum atomic E-state index is 12.2. The van der Waals surface area contributed by atoms with Gasteiger partial charge in [-0.15, -0.1) is 22.7 Å². The molecule has 4 N–H and O–H groups in total. The summed E-state index contributed by atoms with van der Waals surface area (Å²) in [6.45, 7) is 2.90. The van der Waals surface area contributed by atoms with E-state index in [-0.39, 0.29) is 37.0 Å². The van der Waals surface area contributed by atoms with E-state index in [1.165, 1.54) is 32.5 Å². The fourth-order valence-corrected chi connectivity index (χ4v) is 7.98. The molecule has 2 aromatic carbocycles. The molecule has 6 heterocycles. The minimum absolute atomic E-state index is 0.00291. The van der Waals surface area contributed by atoms with Crippen LogP contribution in [-0.2, 0) is 14.3 Å². The van der Waals surface area contributed by atoms with E-state index in [4.69, 9.17) is 10.5 Å². The fourth-order valence-electron chi connectivity index (χ4n) is 6.29. The second-order valence-electron chi connectivity index (χ2n) is 13.5. The minimum Gasteiger partial charge on any atom is -0.460 e. The summed E-state index contributed by atoms with van der Waals surface area (Å²) in [6, 6.07) is 18.2. The molecule has 3 amide bonds. The molecule has 0 aliphatic carbocycles. The number of aliphatic hydroxyl groups is 2. The highest BCUT2D eigenvalue weighted by Crippen LogP contribution is 2.32. The van der Waals surface area contributed by atoms with Crippen molar-refractivity contribution in [1.29, 1.82) is 0 Å². The van der Waals surface area contributed by atoms with Gasteiger partial charge in [0, 0.05) is 62.3 Å². The highest BCUT2D eigenvalue weighted by Gasteiger charge is 2.43. The van der Waals surface area contributed by atoms with Crippen molar-refractivity contribution in [3.63, 3.8) is 0 Å². The van der Waals surface area contributed by atoms with Crippen molar-refractivity contribution in [2.24, 2.45) is 5.73 Å². The minimum atomic E-state index is -1.65. The molecule has 6 aromatic rings. The number of carbonyl (C=O) groups excluding carboxylic acids is 4. The number of fused-ring (bicyclic) bond motifs is 2. The molecule has 0 radical (unpaired) electrons.